The second-order valence-corrected chi connectivity index (χ2v) is 6.04. The molecule has 0 fully saturated rings. The normalized spacial score (nSPS) is 13.5. The molecule has 2 aromatic heterocycles. The summed E-state index contributed by atoms with van der Waals surface area (Å²) in [7, 11) is 0. The lowest BCUT2D eigenvalue weighted by Gasteiger charge is -2.11. The van der Waals surface area contributed by atoms with Crippen molar-refractivity contribution in [2.24, 2.45) is 0 Å². The molecule has 0 amide bonds. The molecule has 3 N–H and O–H groups in total. The van der Waals surface area contributed by atoms with Gasteiger partial charge in [0.2, 0.25) is 0 Å². The predicted molar refractivity (Wildman–Crippen MR) is 92.4 cm³/mol. The highest BCUT2D eigenvalue weighted by molar-refractivity contribution is 7.99. The van der Waals surface area contributed by atoms with E-state index in [-0.39, 0.29) is 0 Å². The first-order valence-corrected chi connectivity index (χ1v) is 8.54. The molecule has 0 atom stereocenters. The third-order valence-electron chi connectivity index (χ3n) is 4.16. The fourth-order valence-corrected chi connectivity index (χ4v) is 3.65. The standard InChI is InChI=1S/C16H17N5S/c1-22-20-10-5-7-11(8-6-10)21-13-4-2-3-12(13)14-15(21)16(17)19-9-18-14/h5-9,20H,2-4H2,1H3,(H2,17,18,19). The maximum atomic E-state index is 6.15. The third-order valence-corrected chi connectivity index (χ3v) is 4.60. The first-order valence-electron chi connectivity index (χ1n) is 7.31. The Kier molecular flexibility index (Phi) is 3.18. The van der Waals surface area contributed by atoms with Gasteiger partial charge in [0.15, 0.2) is 5.82 Å². The summed E-state index contributed by atoms with van der Waals surface area (Å²) in [5.41, 5.74) is 13.0. The molecule has 2 heterocycles. The van der Waals surface area contributed by atoms with E-state index in [4.69, 9.17) is 5.73 Å². The van der Waals surface area contributed by atoms with Gasteiger partial charge in [0.1, 0.15) is 11.8 Å². The van der Waals surface area contributed by atoms with Gasteiger partial charge in [-0.15, -0.1) is 0 Å². The molecular formula is C16H17N5S. The largest absolute Gasteiger partial charge is 0.382 e. The van der Waals surface area contributed by atoms with Crippen molar-refractivity contribution in [1.29, 1.82) is 0 Å². The van der Waals surface area contributed by atoms with Gasteiger partial charge in [-0.3, -0.25) is 0 Å². The Bertz CT molecular complexity index is 838. The van der Waals surface area contributed by atoms with Crippen LogP contribution >= 0.6 is 11.9 Å². The number of nitrogen functional groups attached to an aromatic ring is 1. The summed E-state index contributed by atoms with van der Waals surface area (Å²) in [5.74, 6) is 0.547. The van der Waals surface area contributed by atoms with Gasteiger partial charge >= 0.3 is 0 Å². The Morgan fingerprint density at radius 1 is 1.18 bits per heavy atom. The average Bonchev–Trinajstić information content (AvgIpc) is 3.10. The minimum atomic E-state index is 0.547. The predicted octanol–water partition coefficient (Wildman–Crippen LogP) is 3.18. The van der Waals surface area contributed by atoms with Crippen molar-refractivity contribution in [2.45, 2.75) is 19.3 Å². The molecule has 0 saturated heterocycles. The Balaban J connectivity index is 1.94. The number of aryl methyl sites for hydroxylation is 1. The van der Waals surface area contributed by atoms with Crippen LogP contribution < -0.4 is 10.5 Å². The van der Waals surface area contributed by atoms with Crippen molar-refractivity contribution in [3.8, 4) is 5.69 Å². The Morgan fingerprint density at radius 2 is 2.00 bits per heavy atom. The smallest absolute Gasteiger partial charge is 0.151 e. The van der Waals surface area contributed by atoms with Gasteiger partial charge in [0.25, 0.3) is 0 Å². The van der Waals surface area contributed by atoms with E-state index in [1.54, 1.807) is 18.3 Å². The molecule has 0 unspecified atom stereocenters. The average molecular weight is 311 g/mol. The van der Waals surface area contributed by atoms with Crippen LogP contribution in [0.3, 0.4) is 0 Å². The summed E-state index contributed by atoms with van der Waals surface area (Å²) < 4.78 is 5.47. The minimum Gasteiger partial charge on any atom is -0.382 e. The number of rotatable bonds is 3. The zero-order valence-corrected chi connectivity index (χ0v) is 13.2. The van der Waals surface area contributed by atoms with Gasteiger partial charge in [-0.25, -0.2) is 9.97 Å². The molecule has 4 rings (SSSR count). The number of hydrogen-bond donors (Lipinski definition) is 2. The molecule has 6 heteroatoms. The SMILES string of the molecule is CSNc1ccc(-n2c3c(c4ncnc(N)c42)CCC3)cc1. The zero-order valence-electron chi connectivity index (χ0n) is 12.3. The fourth-order valence-electron chi connectivity index (χ4n) is 3.28. The number of fused-ring (bicyclic) bond motifs is 3. The molecule has 112 valence electrons. The van der Waals surface area contributed by atoms with Crippen molar-refractivity contribution in [3.05, 3.63) is 41.9 Å². The van der Waals surface area contributed by atoms with Crippen molar-refractivity contribution in [3.63, 3.8) is 0 Å². The Hall–Kier alpha value is -2.21. The molecule has 22 heavy (non-hydrogen) atoms. The highest BCUT2D eigenvalue weighted by Crippen LogP contribution is 2.36. The molecule has 0 bridgehead atoms. The molecule has 0 aliphatic heterocycles. The Morgan fingerprint density at radius 3 is 2.77 bits per heavy atom. The van der Waals surface area contributed by atoms with Gasteiger partial charge < -0.3 is 15.0 Å². The number of nitrogens with two attached hydrogens (primary N) is 1. The molecule has 1 aliphatic rings. The third kappa shape index (κ3) is 1.94. The monoisotopic (exact) mass is 311 g/mol. The number of hydrogen-bond acceptors (Lipinski definition) is 5. The first-order chi connectivity index (χ1) is 10.8. The maximum absolute atomic E-state index is 6.15. The molecule has 0 spiro atoms. The second-order valence-electron chi connectivity index (χ2n) is 5.42. The van der Waals surface area contributed by atoms with Crippen LogP contribution in [-0.2, 0) is 12.8 Å². The van der Waals surface area contributed by atoms with Crippen molar-refractivity contribution in [2.75, 3.05) is 16.7 Å². The summed E-state index contributed by atoms with van der Waals surface area (Å²) in [6.07, 6.45) is 6.89. The lowest BCUT2D eigenvalue weighted by Crippen LogP contribution is -2.02. The second kappa shape index (κ2) is 5.21. The van der Waals surface area contributed by atoms with E-state index >= 15 is 0 Å². The van der Waals surface area contributed by atoms with Gasteiger partial charge in [-0.05, 0) is 49.1 Å². The minimum absolute atomic E-state index is 0.547. The quantitative estimate of drug-likeness (QED) is 0.727. The van der Waals surface area contributed by atoms with Gasteiger partial charge in [0.05, 0.1) is 5.52 Å². The van der Waals surface area contributed by atoms with Crippen molar-refractivity contribution < 1.29 is 0 Å². The molecule has 1 aromatic carbocycles. The summed E-state index contributed by atoms with van der Waals surface area (Å²) in [6.45, 7) is 0. The first kappa shape index (κ1) is 13.5. The van der Waals surface area contributed by atoms with Crippen LogP contribution in [0, 0.1) is 0 Å². The highest BCUT2D eigenvalue weighted by Gasteiger charge is 2.24. The van der Waals surface area contributed by atoms with E-state index < -0.39 is 0 Å². The summed E-state index contributed by atoms with van der Waals surface area (Å²) >= 11 is 1.59. The number of anilines is 2. The van der Waals surface area contributed by atoms with Crippen LogP contribution in [0.2, 0.25) is 0 Å². The van der Waals surface area contributed by atoms with E-state index in [1.807, 2.05) is 6.26 Å². The zero-order chi connectivity index (χ0) is 15.1. The number of nitrogens with one attached hydrogen (secondary N) is 1. The lowest BCUT2D eigenvalue weighted by molar-refractivity contribution is 0.872. The van der Waals surface area contributed by atoms with Gasteiger partial charge in [-0.1, -0.05) is 11.9 Å². The number of nitrogens with zero attached hydrogens (tertiary/aromatic N) is 3. The fraction of sp³-hybridized carbons (Fsp3) is 0.250. The van der Waals surface area contributed by atoms with E-state index in [1.165, 1.54) is 17.7 Å². The van der Waals surface area contributed by atoms with Crippen LogP contribution in [-0.4, -0.2) is 20.8 Å². The van der Waals surface area contributed by atoms with Crippen LogP contribution in [0.15, 0.2) is 30.6 Å². The van der Waals surface area contributed by atoms with E-state index in [9.17, 15) is 0 Å². The van der Waals surface area contributed by atoms with E-state index in [0.717, 1.165) is 35.2 Å². The molecule has 0 saturated carbocycles. The van der Waals surface area contributed by atoms with Crippen LogP contribution in [0.5, 0.6) is 0 Å². The molecule has 5 nitrogen and oxygen atoms in total. The molecule has 0 radical (unpaired) electrons. The van der Waals surface area contributed by atoms with E-state index in [0.29, 0.717) is 5.82 Å². The lowest BCUT2D eigenvalue weighted by atomic mass is 10.2. The molecule has 1 aliphatic carbocycles. The molecular weight excluding hydrogens is 294 g/mol. The summed E-state index contributed by atoms with van der Waals surface area (Å²) in [4.78, 5) is 8.66. The van der Waals surface area contributed by atoms with Crippen molar-refractivity contribution >= 4 is 34.5 Å². The van der Waals surface area contributed by atoms with Crippen LogP contribution in [0.4, 0.5) is 11.5 Å². The van der Waals surface area contributed by atoms with Gasteiger partial charge in [0, 0.05) is 23.3 Å². The van der Waals surface area contributed by atoms with Crippen molar-refractivity contribution in [1.82, 2.24) is 14.5 Å². The highest BCUT2D eigenvalue weighted by atomic mass is 32.2. The Labute approximate surface area is 133 Å². The summed E-state index contributed by atoms with van der Waals surface area (Å²) in [5, 5.41) is 0. The van der Waals surface area contributed by atoms with Gasteiger partial charge in [-0.2, -0.15) is 0 Å². The number of benzene rings is 1. The molecule has 3 aromatic rings. The summed E-state index contributed by atoms with van der Waals surface area (Å²) in [6, 6.07) is 8.39. The van der Waals surface area contributed by atoms with Crippen LogP contribution in [0.25, 0.3) is 16.7 Å². The van der Waals surface area contributed by atoms with E-state index in [2.05, 4.69) is 43.5 Å². The topological polar surface area (TPSA) is 68.8 Å². The van der Waals surface area contributed by atoms with Crippen LogP contribution in [0.1, 0.15) is 17.7 Å². The maximum Gasteiger partial charge on any atom is 0.151 e. The number of aromatic nitrogens is 3.